The first kappa shape index (κ1) is 35.2. The van der Waals surface area contributed by atoms with E-state index in [1.165, 1.54) is 75.3 Å². The summed E-state index contributed by atoms with van der Waals surface area (Å²) in [4.78, 5) is 0. The average Bonchev–Trinajstić information content (AvgIpc) is 3.61. The molecule has 0 saturated heterocycles. The zero-order valence-corrected chi connectivity index (χ0v) is 35.9. The number of rotatable bonds is 6. The minimum atomic E-state index is -5.03. The first-order valence-electron chi connectivity index (χ1n) is 18.2. The molecule has 0 spiro atoms. The Hall–Kier alpha value is -2.22. The molecule has 4 heteroatoms. The van der Waals surface area contributed by atoms with Gasteiger partial charge in [0.15, 0.2) is 0 Å². The molecule has 2 aliphatic rings. The summed E-state index contributed by atoms with van der Waals surface area (Å²) in [6.45, 7) is 21.2. The fourth-order valence-electron chi connectivity index (χ4n) is 8.97. The number of halogens is 2. The fraction of sp³-hybridized carbons (Fsp3) is 0.333. The Balaban J connectivity index is 1.52. The van der Waals surface area contributed by atoms with Crippen LogP contribution in [0.5, 0.6) is 0 Å². The second-order valence-corrected chi connectivity index (χ2v) is 58.5. The summed E-state index contributed by atoms with van der Waals surface area (Å²) in [5, 5.41) is 2.55. The van der Waals surface area contributed by atoms with Gasteiger partial charge in [-0.15, -0.1) is 0 Å². The van der Waals surface area contributed by atoms with E-state index in [-0.39, 0.29) is 14.5 Å². The van der Waals surface area contributed by atoms with Gasteiger partial charge in [-0.2, -0.15) is 0 Å². The van der Waals surface area contributed by atoms with Gasteiger partial charge in [-0.3, -0.25) is 0 Å². The molecule has 2 aliphatic carbocycles. The van der Waals surface area contributed by atoms with Crippen molar-refractivity contribution in [3.05, 3.63) is 130 Å². The topological polar surface area (TPSA) is 0 Å². The third-order valence-corrected chi connectivity index (χ3v) is 61.3. The van der Waals surface area contributed by atoms with Crippen molar-refractivity contribution in [2.75, 3.05) is 0 Å². The number of allylic oxidation sites excluding steroid dienone is 1. The van der Waals surface area contributed by atoms with Crippen molar-refractivity contribution in [1.82, 2.24) is 0 Å². The summed E-state index contributed by atoms with van der Waals surface area (Å²) in [5.41, 5.74) is 15.0. The summed E-state index contributed by atoms with van der Waals surface area (Å²) in [5.74, 6) is -1.72. The molecular weight excluding hydrogens is 731 g/mol. The molecule has 7 rings (SSSR count). The van der Waals surface area contributed by atoms with E-state index in [1.807, 2.05) is 0 Å². The molecule has 0 fully saturated rings. The van der Waals surface area contributed by atoms with E-state index >= 15 is 0 Å². The van der Waals surface area contributed by atoms with Crippen molar-refractivity contribution < 1.29 is 15.6 Å². The van der Waals surface area contributed by atoms with Crippen LogP contribution in [0.2, 0.25) is 13.1 Å². The molecular formula is C45H51Cl2SiZr. The average molecular weight is 782 g/mol. The molecule has 0 heterocycles. The van der Waals surface area contributed by atoms with Crippen LogP contribution in [-0.2, 0) is 32.8 Å². The van der Waals surface area contributed by atoms with Crippen LogP contribution in [0.15, 0.2) is 96.6 Å². The van der Waals surface area contributed by atoms with Crippen molar-refractivity contribution in [3.8, 4) is 22.3 Å². The van der Waals surface area contributed by atoms with Crippen LogP contribution in [0.4, 0.5) is 0 Å². The molecule has 5 aromatic rings. The van der Waals surface area contributed by atoms with Crippen LogP contribution < -0.4 is 3.27 Å². The maximum absolute atomic E-state index is 8.85. The van der Waals surface area contributed by atoms with E-state index in [4.69, 9.17) is 17.0 Å². The molecule has 0 saturated carbocycles. The first-order chi connectivity index (χ1) is 23.0. The Morgan fingerprint density at radius 1 is 0.735 bits per heavy atom. The monoisotopic (exact) mass is 779 g/mol. The second-order valence-electron chi connectivity index (χ2n) is 17.1. The Bertz CT molecular complexity index is 2150. The van der Waals surface area contributed by atoms with Gasteiger partial charge in [0, 0.05) is 0 Å². The molecule has 1 unspecified atom stereocenters. The van der Waals surface area contributed by atoms with Crippen LogP contribution in [-0.4, -0.2) is 5.92 Å². The third kappa shape index (κ3) is 5.55. The Morgan fingerprint density at radius 2 is 1.41 bits per heavy atom. The molecule has 0 N–H and O–H groups in total. The van der Waals surface area contributed by atoms with Crippen LogP contribution in [0.1, 0.15) is 98.3 Å². The minimum absolute atomic E-state index is 0.0581. The normalized spacial score (nSPS) is 16.7. The molecule has 0 aliphatic heterocycles. The quantitative estimate of drug-likeness (QED) is 0.148. The summed E-state index contributed by atoms with van der Waals surface area (Å²) in [6, 6.07) is 34.3. The van der Waals surface area contributed by atoms with E-state index in [1.54, 1.807) is 0 Å². The van der Waals surface area contributed by atoms with Crippen molar-refractivity contribution in [2.45, 2.75) is 95.3 Å². The van der Waals surface area contributed by atoms with Crippen LogP contribution in [0.25, 0.3) is 39.1 Å². The Labute approximate surface area is 303 Å². The third-order valence-electron chi connectivity index (χ3n) is 11.6. The molecule has 0 amide bonds. The van der Waals surface area contributed by atoms with E-state index in [2.05, 4.69) is 159 Å². The molecule has 0 radical (unpaired) electrons. The van der Waals surface area contributed by atoms with Crippen LogP contribution >= 0.6 is 17.0 Å². The van der Waals surface area contributed by atoms with Gasteiger partial charge in [0.1, 0.15) is 0 Å². The zero-order valence-electron chi connectivity index (χ0n) is 30.8. The number of benzene rings is 5. The van der Waals surface area contributed by atoms with E-state index in [9.17, 15) is 0 Å². The Morgan fingerprint density at radius 3 is 2.10 bits per heavy atom. The summed E-state index contributed by atoms with van der Waals surface area (Å²) in [6.07, 6.45) is 5.49. The van der Waals surface area contributed by atoms with Crippen LogP contribution in [0, 0.1) is 0 Å². The zero-order chi connectivity index (χ0) is 35.1. The molecule has 1 atom stereocenters. The summed E-state index contributed by atoms with van der Waals surface area (Å²) >= 11 is -5.03. The van der Waals surface area contributed by atoms with E-state index < -0.39 is 21.5 Å². The number of hydrogen-bond acceptors (Lipinski definition) is 0. The van der Waals surface area contributed by atoms with Crippen molar-refractivity contribution >= 4 is 43.1 Å². The SMILES string of the molecule is CCCC1=Cc2c(-c3cccc4ccccc34)cccc2[CH]1[Zr]([Cl])([Cl])([c]1c(C(C)(C)C)ccc2c1Cc1cc(C(C)(C)C)ccc1-2)[SiH](C)C. The fourth-order valence-corrected chi connectivity index (χ4v) is 38.6. The van der Waals surface area contributed by atoms with Gasteiger partial charge in [-0.1, -0.05) is 0 Å². The van der Waals surface area contributed by atoms with E-state index in [0.29, 0.717) is 0 Å². The van der Waals surface area contributed by atoms with E-state index in [0.717, 1.165) is 19.3 Å². The second kappa shape index (κ2) is 12.2. The molecule has 0 aromatic heterocycles. The number of hydrogen-bond donors (Lipinski definition) is 0. The van der Waals surface area contributed by atoms with Gasteiger partial charge in [-0.05, 0) is 0 Å². The van der Waals surface area contributed by atoms with Crippen molar-refractivity contribution in [1.29, 1.82) is 0 Å². The predicted octanol–water partition coefficient (Wildman–Crippen LogP) is 13.2. The van der Waals surface area contributed by atoms with Gasteiger partial charge in [0.05, 0.1) is 0 Å². The standard InChI is InChI=1S/C22H19.C21H25.C2H7Si.2ClH.Zr/c1-2-7-16-14-18-10-6-13-21(22(18)15-16)20-12-5-9-17-8-3-4-11-19(17)20;1-20(2,3)16-7-9-18-14(12-16)11-15-13-17(21(4,5)6)8-10-19(15)18;1-3-2;;;/h3-6,8-15H,2,7H2,1H3;7-10,12H,11H2,1-6H3;3H,1-2H3;2*1H;/q;;;;;+2/p-2. The summed E-state index contributed by atoms with van der Waals surface area (Å²) in [7, 11) is 17.7. The molecule has 253 valence electrons. The predicted molar refractivity (Wildman–Crippen MR) is 217 cm³/mol. The molecule has 0 nitrogen and oxygen atoms in total. The van der Waals surface area contributed by atoms with Gasteiger partial charge in [0.25, 0.3) is 0 Å². The van der Waals surface area contributed by atoms with Crippen molar-refractivity contribution in [3.63, 3.8) is 0 Å². The van der Waals surface area contributed by atoms with Gasteiger partial charge < -0.3 is 0 Å². The van der Waals surface area contributed by atoms with Gasteiger partial charge in [-0.25, -0.2) is 0 Å². The van der Waals surface area contributed by atoms with Crippen LogP contribution in [0.3, 0.4) is 0 Å². The molecule has 5 aromatic carbocycles. The molecule has 0 bridgehead atoms. The number of fused-ring (bicyclic) bond motifs is 5. The Kier molecular flexibility index (Phi) is 8.76. The van der Waals surface area contributed by atoms with Crippen molar-refractivity contribution in [2.24, 2.45) is 0 Å². The maximum atomic E-state index is 8.85. The van der Waals surface area contributed by atoms with Gasteiger partial charge >= 0.3 is 306 Å². The summed E-state index contributed by atoms with van der Waals surface area (Å²) < 4.78 is 1.45. The first-order valence-corrected chi connectivity index (χ1v) is 34.4. The molecule has 49 heavy (non-hydrogen) atoms. The van der Waals surface area contributed by atoms with Gasteiger partial charge in [0.2, 0.25) is 0 Å².